The number of halogens is 1. The van der Waals surface area contributed by atoms with Crippen molar-refractivity contribution in [2.24, 2.45) is 14.1 Å². The highest BCUT2D eigenvalue weighted by molar-refractivity contribution is 6.14. The summed E-state index contributed by atoms with van der Waals surface area (Å²) in [5.74, 6) is -0.719. The van der Waals surface area contributed by atoms with Crippen molar-refractivity contribution in [2.75, 3.05) is 10.6 Å². The Labute approximate surface area is 156 Å². The lowest BCUT2D eigenvalue weighted by atomic mass is 9.68. The fraction of sp³-hybridized carbons (Fsp3) is 0.222. The number of amides is 1. The highest BCUT2D eigenvalue weighted by Crippen LogP contribution is 2.54. The van der Waals surface area contributed by atoms with E-state index < -0.39 is 28.4 Å². The number of aryl methyl sites for hydroxylation is 1. The number of fused-ring (bicyclic) bond motifs is 6. The van der Waals surface area contributed by atoms with Gasteiger partial charge in [0.05, 0.1) is 11.3 Å². The highest BCUT2D eigenvalue weighted by atomic mass is 19.1. The third-order valence-corrected chi connectivity index (χ3v) is 5.60. The molecule has 2 aromatic heterocycles. The number of nitrogens with one attached hydrogen (secondary N) is 3. The first-order chi connectivity index (χ1) is 13.3. The Morgan fingerprint density at radius 1 is 1.07 bits per heavy atom. The van der Waals surface area contributed by atoms with E-state index in [1.165, 1.54) is 30.8 Å². The van der Waals surface area contributed by atoms with Gasteiger partial charge in [0, 0.05) is 30.9 Å². The van der Waals surface area contributed by atoms with Gasteiger partial charge in [0.1, 0.15) is 17.1 Å². The molecule has 0 fully saturated rings. The van der Waals surface area contributed by atoms with Gasteiger partial charge in [-0.15, -0.1) is 0 Å². The number of aromatic nitrogens is 4. The van der Waals surface area contributed by atoms with Crippen molar-refractivity contribution in [2.45, 2.75) is 12.3 Å². The summed E-state index contributed by atoms with van der Waals surface area (Å²) in [6, 6.07) is 4.33. The second kappa shape index (κ2) is 4.97. The third kappa shape index (κ3) is 1.61. The molecular formula is C18H15FN6O3. The maximum absolute atomic E-state index is 14.5. The number of carbonyl (C=O) groups is 1. The molecular weight excluding hydrogens is 367 g/mol. The standard InChI is InChI=1S/C18H15FN6O3/c1-7-10-13(23-22-7)21-14-11(15(26)25(3)17(28)24(14)2)18(10)8-5-4-6-9(19)12(8)20-16(18)27/h4-6H,1-3H3,(H,20,27)(H2,21,22,23). The quantitative estimate of drug-likeness (QED) is 0.527. The molecule has 2 aliphatic heterocycles. The van der Waals surface area contributed by atoms with E-state index in [1.807, 2.05) is 0 Å². The zero-order chi connectivity index (χ0) is 20.0. The molecule has 142 valence electrons. The first kappa shape index (κ1) is 16.5. The van der Waals surface area contributed by atoms with Crippen molar-refractivity contribution in [3.63, 3.8) is 0 Å². The number of H-pyrrole nitrogens is 1. The van der Waals surface area contributed by atoms with Gasteiger partial charge in [0.15, 0.2) is 5.82 Å². The van der Waals surface area contributed by atoms with Crippen molar-refractivity contribution in [1.82, 2.24) is 19.3 Å². The molecule has 5 rings (SSSR count). The number of para-hydroxylation sites is 1. The normalized spacial score (nSPS) is 19.1. The Bertz CT molecular complexity index is 1330. The number of hydrogen-bond acceptors (Lipinski definition) is 5. The van der Waals surface area contributed by atoms with E-state index in [4.69, 9.17) is 0 Å². The number of hydrogen-bond donors (Lipinski definition) is 3. The number of anilines is 3. The summed E-state index contributed by atoms with van der Waals surface area (Å²) in [6.45, 7) is 1.72. The van der Waals surface area contributed by atoms with Crippen molar-refractivity contribution >= 4 is 23.2 Å². The average molecular weight is 382 g/mol. The largest absolute Gasteiger partial charge is 0.332 e. The molecule has 1 atom stereocenters. The number of benzene rings is 1. The van der Waals surface area contributed by atoms with Gasteiger partial charge < -0.3 is 10.6 Å². The van der Waals surface area contributed by atoms with Gasteiger partial charge >= 0.3 is 5.69 Å². The van der Waals surface area contributed by atoms with Crippen LogP contribution in [0.5, 0.6) is 0 Å². The molecule has 0 saturated carbocycles. The SMILES string of the molecule is Cc1[nH]nc2c1C1(C(=O)Nc3c(F)cccc31)c1c(n(C)c(=O)n(C)c1=O)N2. The van der Waals surface area contributed by atoms with Gasteiger partial charge in [-0.2, -0.15) is 5.10 Å². The average Bonchev–Trinajstić information content (AvgIpc) is 3.18. The zero-order valence-electron chi connectivity index (χ0n) is 15.2. The van der Waals surface area contributed by atoms with Crippen LogP contribution in [0.4, 0.5) is 21.7 Å². The van der Waals surface area contributed by atoms with Crippen LogP contribution in [0.2, 0.25) is 0 Å². The lowest BCUT2D eigenvalue weighted by molar-refractivity contribution is -0.118. The fourth-order valence-corrected chi connectivity index (χ4v) is 4.33. The maximum Gasteiger partial charge on any atom is 0.332 e. The number of aromatic amines is 1. The molecule has 3 N–H and O–H groups in total. The summed E-state index contributed by atoms with van der Waals surface area (Å²) >= 11 is 0. The van der Waals surface area contributed by atoms with Gasteiger partial charge in [-0.05, 0) is 13.0 Å². The van der Waals surface area contributed by atoms with Crippen LogP contribution in [0.1, 0.15) is 22.4 Å². The summed E-state index contributed by atoms with van der Waals surface area (Å²) in [5.41, 5.74) is -1.47. The van der Waals surface area contributed by atoms with Crippen LogP contribution in [0.15, 0.2) is 27.8 Å². The van der Waals surface area contributed by atoms with E-state index in [-0.39, 0.29) is 17.1 Å². The van der Waals surface area contributed by atoms with E-state index in [0.717, 1.165) is 4.57 Å². The molecule has 0 saturated heterocycles. The molecule has 4 heterocycles. The minimum atomic E-state index is -1.63. The van der Waals surface area contributed by atoms with Gasteiger partial charge in [-0.25, -0.2) is 9.18 Å². The molecule has 0 bridgehead atoms. The van der Waals surface area contributed by atoms with Crippen molar-refractivity contribution < 1.29 is 9.18 Å². The Morgan fingerprint density at radius 2 is 1.82 bits per heavy atom. The molecule has 1 aromatic carbocycles. The molecule has 1 spiro atoms. The fourth-order valence-electron chi connectivity index (χ4n) is 4.33. The number of carbonyl (C=O) groups excluding carboxylic acids is 1. The molecule has 10 heteroatoms. The molecule has 1 amide bonds. The van der Waals surface area contributed by atoms with Crippen LogP contribution < -0.4 is 21.9 Å². The predicted molar refractivity (Wildman–Crippen MR) is 98.4 cm³/mol. The van der Waals surface area contributed by atoms with Crippen LogP contribution >= 0.6 is 0 Å². The Hall–Kier alpha value is -3.69. The summed E-state index contributed by atoms with van der Waals surface area (Å²) < 4.78 is 16.7. The van der Waals surface area contributed by atoms with Crippen molar-refractivity contribution in [3.8, 4) is 0 Å². The minimum Gasteiger partial charge on any atom is -0.324 e. The Balaban J connectivity index is 2.07. The second-order valence-corrected chi connectivity index (χ2v) is 6.99. The lowest BCUT2D eigenvalue weighted by Gasteiger charge is -2.34. The van der Waals surface area contributed by atoms with Crippen LogP contribution in [0, 0.1) is 12.7 Å². The van der Waals surface area contributed by atoms with Crippen LogP contribution in [-0.2, 0) is 24.3 Å². The number of nitrogens with zero attached hydrogens (tertiary/aromatic N) is 3. The second-order valence-electron chi connectivity index (χ2n) is 6.99. The molecule has 0 aliphatic carbocycles. The molecule has 9 nitrogen and oxygen atoms in total. The minimum absolute atomic E-state index is 0.0165. The van der Waals surface area contributed by atoms with Crippen LogP contribution in [-0.4, -0.2) is 25.2 Å². The molecule has 1 unspecified atom stereocenters. The number of rotatable bonds is 0. The predicted octanol–water partition coefficient (Wildman–Crippen LogP) is 0.598. The Kier molecular flexibility index (Phi) is 2.93. The van der Waals surface area contributed by atoms with E-state index >= 15 is 0 Å². The lowest BCUT2D eigenvalue weighted by Crippen LogP contribution is -2.50. The topological polar surface area (TPSA) is 114 Å². The summed E-state index contributed by atoms with van der Waals surface area (Å²) in [6.07, 6.45) is 0. The van der Waals surface area contributed by atoms with Crippen molar-refractivity contribution in [3.05, 3.63) is 67.2 Å². The monoisotopic (exact) mass is 382 g/mol. The van der Waals surface area contributed by atoms with E-state index in [1.54, 1.807) is 13.0 Å². The van der Waals surface area contributed by atoms with Crippen LogP contribution in [0.3, 0.4) is 0 Å². The summed E-state index contributed by atoms with van der Waals surface area (Å²) in [5, 5.41) is 12.6. The van der Waals surface area contributed by atoms with E-state index in [9.17, 15) is 18.8 Å². The molecule has 2 aliphatic rings. The first-order valence-electron chi connectivity index (χ1n) is 8.53. The Morgan fingerprint density at radius 3 is 2.57 bits per heavy atom. The van der Waals surface area contributed by atoms with Gasteiger partial charge in [0.2, 0.25) is 5.91 Å². The smallest absolute Gasteiger partial charge is 0.324 e. The van der Waals surface area contributed by atoms with Gasteiger partial charge in [0.25, 0.3) is 5.56 Å². The molecule has 3 aromatic rings. The van der Waals surface area contributed by atoms with Crippen LogP contribution in [0.25, 0.3) is 0 Å². The molecule has 0 radical (unpaired) electrons. The maximum atomic E-state index is 14.5. The van der Waals surface area contributed by atoms with Gasteiger partial charge in [-0.1, -0.05) is 12.1 Å². The van der Waals surface area contributed by atoms with E-state index in [2.05, 4.69) is 20.8 Å². The van der Waals surface area contributed by atoms with Gasteiger partial charge in [-0.3, -0.25) is 23.8 Å². The molecule has 28 heavy (non-hydrogen) atoms. The zero-order valence-corrected chi connectivity index (χ0v) is 15.2. The van der Waals surface area contributed by atoms with E-state index in [0.29, 0.717) is 22.6 Å². The van der Waals surface area contributed by atoms with Crippen molar-refractivity contribution in [1.29, 1.82) is 0 Å². The summed E-state index contributed by atoms with van der Waals surface area (Å²) in [4.78, 5) is 39.1. The summed E-state index contributed by atoms with van der Waals surface area (Å²) in [7, 11) is 2.83. The third-order valence-electron chi connectivity index (χ3n) is 5.60. The first-order valence-corrected chi connectivity index (χ1v) is 8.53. The highest BCUT2D eigenvalue weighted by Gasteiger charge is 2.58.